The molecule has 0 aliphatic rings. The molecule has 1 rings (SSSR count). The van der Waals surface area contributed by atoms with E-state index in [9.17, 15) is 0 Å². The van der Waals surface area contributed by atoms with E-state index >= 15 is 0 Å². The van der Waals surface area contributed by atoms with Crippen LogP contribution in [-0.4, -0.2) is 0 Å². The SMILES string of the molecule is N#CSc1cscc1Br. The molecule has 1 aromatic heterocycles. The molecule has 1 heterocycles. The molecule has 9 heavy (non-hydrogen) atoms. The maximum Gasteiger partial charge on any atom is 0.138 e. The lowest BCUT2D eigenvalue weighted by Crippen LogP contribution is -1.57. The Labute approximate surface area is 69.8 Å². The standard InChI is InChI=1S/C5H2BrNS2/c6-4-1-8-2-5(4)9-3-7/h1-2H. The summed E-state index contributed by atoms with van der Waals surface area (Å²) in [5.74, 6) is 0. The Morgan fingerprint density at radius 2 is 2.44 bits per heavy atom. The first kappa shape index (κ1) is 7.13. The van der Waals surface area contributed by atoms with E-state index in [4.69, 9.17) is 5.26 Å². The fourth-order valence-corrected chi connectivity index (χ4v) is 2.48. The molecule has 0 saturated heterocycles. The van der Waals surface area contributed by atoms with Gasteiger partial charge >= 0.3 is 0 Å². The maximum absolute atomic E-state index is 8.26. The molecule has 1 nitrogen and oxygen atoms in total. The first-order valence-electron chi connectivity index (χ1n) is 2.12. The normalized spacial score (nSPS) is 8.89. The van der Waals surface area contributed by atoms with Crippen molar-refractivity contribution in [1.29, 1.82) is 5.26 Å². The molecule has 0 bridgehead atoms. The number of rotatable bonds is 1. The molecule has 4 heteroatoms. The molecule has 1 aromatic rings. The van der Waals surface area contributed by atoms with Crippen LogP contribution in [-0.2, 0) is 0 Å². The molecule has 0 atom stereocenters. The van der Waals surface area contributed by atoms with Gasteiger partial charge in [-0.05, 0) is 27.7 Å². The Bertz CT molecular complexity index is 237. The number of thiophene rings is 1. The predicted octanol–water partition coefficient (Wildman–Crippen LogP) is 3.08. The topological polar surface area (TPSA) is 23.8 Å². The summed E-state index contributed by atoms with van der Waals surface area (Å²) in [6, 6.07) is 0. The van der Waals surface area contributed by atoms with Gasteiger partial charge in [0.25, 0.3) is 0 Å². The highest BCUT2D eigenvalue weighted by Gasteiger charge is 1.98. The van der Waals surface area contributed by atoms with Crippen molar-refractivity contribution in [1.82, 2.24) is 0 Å². The van der Waals surface area contributed by atoms with Crippen molar-refractivity contribution in [2.24, 2.45) is 0 Å². The van der Waals surface area contributed by atoms with E-state index in [0.717, 1.165) is 9.37 Å². The molecular formula is C5H2BrNS2. The van der Waals surface area contributed by atoms with Crippen molar-refractivity contribution in [3.63, 3.8) is 0 Å². The van der Waals surface area contributed by atoms with Crippen LogP contribution in [0.3, 0.4) is 0 Å². The average Bonchev–Trinajstić information content (AvgIpc) is 2.18. The third-order valence-electron chi connectivity index (χ3n) is 0.738. The molecule has 0 aromatic carbocycles. The van der Waals surface area contributed by atoms with Gasteiger partial charge in [0.2, 0.25) is 0 Å². The Hall–Kier alpha value is 0.0200. The Morgan fingerprint density at radius 3 is 2.89 bits per heavy atom. The van der Waals surface area contributed by atoms with Crippen LogP contribution in [0.25, 0.3) is 0 Å². The average molecular weight is 220 g/mol. The summed E-state index contributed by atoms with van der Waals surface area (Å²) in [6.45, 7) is 0. The third-order valence-corrected chi connectivity index (χ3v) is 3.50. The van der Waals surface area contributed by atoms with Crippen LogP contribution < -0.4 is 0 Å². The molecule has 0 spiro atoms. The van der Waals surface area contributed by atoms with Crippen LogP contribution in [0, 0.1) is 10.7 Å². The molecule has 0 unspecified atom stereocenters. The minimum atomic E-state index is 1.00. The summed E-state index contributed by atoms with van der Waals surface area (Å²) >= 11 is 6.07. The molecule has 0 aliphatic carbocycles. The molecule has 0 radical (unpaired) electrons. The highest BCUT2D eigenvalue weighted by molar-refractivity contribution is 9.10. The Balaban J connectivity index is 2.84. The van der Waals surface area contributed by atoms with Gasteiger partial charge < -0.3 is 0 Å². The highest BCUT2D eigenvalue weighted by atomic mass is 79.9. The molecule has 0 fully saturated rings. The van der Waals surface area contributed by atoms with Crippen LogP contribution in [0.15, 0.2) is 20.1 Å². The number of halogens is 1. The first-order chi connectivity index (χ1) is 4.34. The highest BCUT2D eigenvalue weighted by Crippen LogP contribution is 2.29. The lowest BCUT2D eigenvalue weighted by Gasteiger charge is -1.83. The second-order valence-electron chi connectivity index (χ2n) is 1.28. The van der Waals surface area contributed by atoms with Gasteiger partial charge in [-0.2, -0.15) is 5.26 Å². The van der Waals surface area contributed by atoms with Crippen LogP contribution in [0.2, 0.25) is 0 Å². The predicted molar refractivity (Wildman–Crippen MR) is 43.5 cm³/mol. The third kappa shape index (κ3) is 1.71. The van der Waals surface area contributed by atoms with E-state index in [0.29, 0.717) is 0 Å². The van der Waals surface area contributed by atoms with Gasteiger partial charge in [-0.25, -0.2) is 0 Å². The zero-order valence-electron chi connectivity index (χ0n) is 4.30. The minimum absolute atomic E-state index is 1.00. The van der Waals surface area contributed by atoms with E-state index in [2.05, 4.69) is 15.9 Å². The second-order valence-corrected chi connectivity index (χ2v) is 3.70. The van der Waals surface area contributed by atoms with Gasteiger partial charge in [-0.3, -0.25) is 0 Å². The van der Waals surface area contributed by atoms with Crippen molar-refractivity contribution < 1.29 is 0 Å². The van der Waals surface area contributed by atoms with Crippen LogP contribution in [0.5, 0.6) is 0 Å². The van der Waals surface area contributed by atoms with Gasteiger partial charge in [-0.15, -0.1) is 11.3 Å². The summed E-state index contributed by atoms with van der Waals surface area (Å²) in [7, 11) is 0. The number of nitriles is 1. The monoisotopic (exact) mass is 219 g/mol. The largest absolute Gasteiger partial charge is 0.185 e. The number of thiocyanates is 1. The fraction of sp³-hybridized carbons (Fsp3) is 0. The van der Waals surface area contributed by atoms with Crippen molar-refractivity contribution in [2.75, 3.05) is 0 Å². The fourth-order valence-electron chi connectivity index (χ4n) is 0.392. The van der Waals surface area contributed by atoms with Crippen LogP contribution in [0.4, 0.5) is 0 Å². The van der Waals surface area contributed by atoms with Crippen molar-refractivity contribution in [2.45, 2.75) is 4.90 Å². The number of thioether (sulfide) groups is 1. The summed E-state index contributed by atoms with van der Waals surface area (Å²) < 4.78 is 1.01. The summed E-state index contributed by atoms with van der Waals surface area (Å²) in [6.07, 6.45) is 0. The van der Waals surface area contributed by atoms with E-state index in [1.807, 2.05) is 16.2 Å². The van der Waals surface area contributed by atoms with Crippen LogP contribution in [0.1, 0.15) is 0 Å². The van der Waals surface area contributed by atoms with Gasteiger partial charge in [-0.1, -0.05) is 0 Å². The second kappa shape index (κ2) is 3.25. The number of nitrogens with zero attached hydrogens (tertiary/aromatic N) is 1. The quantitative estimate of drug-likeness (QED) is 0.536. The molecular weight excluding hydrogens is 218 g/mol. The first-order valence-corrected chi connectivity index (χ1v) is 4.67. The summed E-state index contributed by atoms with van der Waals surface area (Å²) in [4.78, 5) is 1.00. The minimum Gasteiger partial charge on any atom is -0.185 e. The van der Waals surface area contributed by atoms with E-state index < -0.39 is 0 Å². The van der Waals surface area contributed by atoms with Gasteiger partial charge in [0, 0.05) is 20.1 Å². The van der Waals surface area contributed by atoms with Crippen molar-refractivity contribution in [3.05, 3.63) is 15.2 Å². The lowest BCUT2D eigenvalue weighted by atomic mass is 10.7. The molecule has 0 amide bonds. The zero-order valence-corrected chi connectivity index (χ0v) is 7.52. The van der Waals surface area contributed by atoms with Gasteiger partial charge in [0.1, 0.15) is 5.40 Å². The summed E-state index contributed by atoms with van der Waals surface area (Å²) in [5, 5.41) is 14.2. The van der Waals surface area contributed by atoms with Crippen LogP contribution >= 0.6 is 39.0 Å². The molecule has 0 N–H and O–H groups in total. The van der Waals surface area contributed by atoms with E-state index in [1.165, 1.54) is 11.8 Å². The van der Waals surface area contributed by atoms with Gasteiger partial charge in [0.05, 0.1) is 0 Å². The van der Waals surface area contributed by atoms with E-state index in [-0.39, 0.29) is 0 Å². The van der Waals surface area contributed by atoms with Crippen molar-refractivity contribution >= 4 is 39.0 Å². The Kier molecular flexibility index (Phi) is 2.58. The lowest BCUT2D eigenvalue weighted by molar-refractivity contribution is 1.52. The van der Waals surface area contributed by atoms with E-state index in [1.54, 1.807) is 11.3 Å². The maximum atomic E-state index is 8.26. The van der Waals surface area contributed by atoms with Crippen molar-refractivity contribution in [3.8, 4) is 5.40 Å². The molecule has 0 aliphatic heterocycles. The smallest absolute Gasteiger partial charge is 0.138 e. The number of hydrogen-bond donors (Lipinski definition) is 0. The Morgan fingerprint density at radius 1 is 1.67 bits per heavy atom. The molecule has 0 saturated carbocycles. The number of hydrogen-bond acceptors (Lipinski definition) is 3. The molecule has 46 valence electrons. The van der Waals surface area contributed by atoms with Gasteiger partial charge in [0.15, 0.2) is 0 Å². The zero-order chi connectivity index (χ0) is 6.69. The summed E-state index contributed by atoms with van der Waals surface area (Å²) in [5.41, 5.74) is 0.